The number of fused-ring (bicyclic) bond motifs is 1. The monoisotopic (exact) mass is 433 g/mol. The Morgan fingerprint density at radius 3 is 2.29 bits per heavy atom. The lowest BCUT2D eigenvalue weighted by molar-refractivity contribution is -0.116. The number of hydrogen-bond acceptors (Lipinski definition) is 4. The second kappa shape index (κ2) is 8.00. The summed E-state index contributed by atoms with van der Waals surface area (Å²) in [6.07, 6.45) is 0. The van der Waals surface area contributed by atoms with Crippen LogP contribution in [0.5, 0.6) is 0 Å². The van der Waals surface area contributed by atoms with Crippen LogP contribution in [0.4, 0.5) is 5.69 Å². The molecular formula is C24H23N3O3S. The summed E-state index contributed by atoms with van der Waals surface area (Å²) in [6.45, 7) is 7.54. The minimum atomic E-state index is -0.529. The van der Waals surface area contributed by atoms with E-state index in [1.165, 1.54) is 15.9 Å². The third-order valence-corrected chi connectivity index (χ3v) is 6.20. The van der Waals surface area contributed by atoms with Crippen LogP contribution in [0.3, 0.4) is 0 Å². The molecule has 4 aromatic rings. The standard InChI is InChI=1S/C24H23N3O3S/c1-14-5-7-18(16(3)11-14)25-21(28)13-26-20-9-10-31-22(20)23(29)27(24(26)30)19-8-6-15(2)12-17(19)4/h5-12H,13H2,1-4H3,(H,25,28). The van der Waals surface area contributed by atoms with Crippen LogP contribution >= 0.6 is 11.3 Å². The molecule has 7 heteroatoms. The van der Waals surface area contributed by atoms with E-state index in [2.05, 4.69) is 5.32 Å². The molecule has 4 rings (SSSR count). The predicted molar refractivity (Wildman–Crippen MR) is 126 cm³/mol. The molecule has 158 valence electrons. The van der Waals surface area contributed by atoms with Crippen molar-refractivity contribution in [3.8, 4) is 5.69 Å². The van der Waals surface area contributed by atoms with Crippen molar-refractivity contribution in [2.45, 2.75) is 34.2 Å². The van der Waals surface area contributed by atoms with Gasteiger partial charge in [0.2, 0.25) is 5.91 Å². The molecule has 0 spiro atoms. The minimum Gasteiger partial charge on any atom is -0.324 e. The Morgan fingerprint density at radius 1 is 0.935 bits per heavy atom. The molecule has 2 heterocycles. The average Bonchev–Trinajstić information content (AvgIpc) is 3.19. The summed E-state index contributed by atoms with van der Waals surface area (Å²) in [7, 11) is 0. The van der Waals surface area contributed by atoms with Crippen LogP contribution < -0.4 is 16.6 Å². The second-order valence-electron chi connectivity index (χ2n) is 7.80. The Hall–Kier alpha value is -3.45. The number of carbonyl (C=O) groups excluding carboxylic acids is 1. The Kier molecular flexibility index (Phi) is 5.37. The fourth-order valence-electron chi connectivity index (χ4n) is 3.80. The number of benzene rings is 2. The summed E-state index contributed by atoms with van der Waals surface area (Å²) >= 11 is 1.26. The number of aryl methyl sites for hydroxylation is 4. The molecule has 6 nitrogen and oxygen atoms in total. The lowest BCUT2D eigenvalue weighted by atomic mass is 10.1. The molecule has 2 aromatic heterocycles. The number of aromatic nitrogens is 2. The van der Waals surface area contributed by atoms with Gasteiger partial charge in [-0.2, -0.15) is 0 Å². The molecular weight excluding hydrogens is 410 g/mol. The van der Waals surface area contributed by atoms with Crippen molar-refractivity contribution in [3.63, 3.8) is 0 Å². The molecule has 0 saturated heterocycles. The molecule has 0 unspecified atom stereocenters. The van der Waals surface area contributed by atoms with Gasteiger partial charge in [0.1, 0.15) is 11.2 Å². The Balaban J connectivity index is 1.81. The average molecular weight is 434 g/mol. The third kappa shape index (κ3) is 3.84. The van der Waals surface area contributed by atoms with E-state index in [1.807, 2.05) is 58.0 Å². The van der Waals surface area contributed by atoms with E-state index in [1.54, 1.807) is 17.5 Å². The molecule has 0 saturated carbocycles. The SMILES string of the molecule is Cc1ccc(NC(=O)Cn2c(=O)n(-c3ccc(C)cc3C)c(=O)c3sccc32)c(C)c1. The van der Waals surface area contributed by atoms with Crippen molar-refractivity contribution in [1.82, 2.24) is 9.13 Å². The number of hydrogen-bond donors (Lipinski definition) is 1. The topological polar surface area (TPSA) is 73.1 Å². The van der Waals surface area contributed by atoms with E-state index in [4.69, 9.17) is 0 Å². The minimum absolute atomic E-state index is 0.190. The zero-order chi connectivity index (χ0) is 22.3. The summed E-state index contributed by atoms with van der Waals surface area (Å²) in [6, 6.07) is 13.0. The van der Waals surface area contributed by atoms with Crippen LogP contribution in [-0.2, 0) is 11.3 Å². The number of rotatable bonds is 4. The summed E-state index contributed by atoms with van der Waals surface area (Å²) < 4.78 is 2.97. The second-order valence-corrected chi connectivity index (χ2v) is 8.72. The van der Waals surface area contributed by atoms with Crippen LogP contribution in [0.2, 0.25) is 0 Å². The predicted octanol–water partition coefficient (Wildman–Crippen LogP) is 4.09. The molecule has 0 aliphatic rings. The number of nitrogens with zero attached hydrogens (tertiary/aromatic N) is 2. The van der Waals surface area contributed by atoms with Gasteiger partial charge in [0.25, 0.3) is 5.56 Å². The van der Waals surface area contributed by atoms with Gasteiger partial charge in [-0.25, -0.2) is 9.36 Å². The zero-order valence-corrected chi connectivity index (χ0v) is 18.7. The number of anilines is 1. The number of thiophene rings is 1. The maximum Gasteiger partial charge on any atom is 0.336 e. The quantitative estimate of drug-likeness (QED) is 0.527. The van der Waals surface area contributed by atoms with Gasteiger partial charge in [-0.05, 0) is 62.4 Å². The largest absolute Gasteiger partial charge is 0.336 e. The fraction of sp³-hybridized carbons (Fsp3) is 0.208. The van der Waals surface area contributed by atoms with Crippen molar-refractivity contribution in [3.05, 3.63) is 90.9 Å². The zero-order valence-electron chi connectivity index (χ0n) is 17.9. The van der Waals surface area contributed by atoms with Crippen molar-refractivity contribution >= 4 is 33.1 Å². The lowest BCUT2D eigenvalue weighted by Gasteiger charge is -2.15. The van der Waals surface area contributed by atoms with Gasteiger partial charge in [-0.3, -0.25) is 14.2 Å². The number of carbonyl (C=O) groups is 1. The molecule has 0 aliphatic carbocycles. The highest BCUT2D eigenvalue weighted by Crippen LogP contribution is 2.19. The van der Waals surface area contributed by atoms with Crippen LogP contribution in [0.1, 0.15) is 22.3 Å². The van der Waals surface area contributed by atoms with Gasteiger partial charge in [0.15, 0.2) is 0 Å². The summed E-state index contributed by atoms with van der Waals surface area (Å²) in [5.41, 5.74) is 4.71. The van der Waals surface area contributed by atoms with Crippen LogP contribution in [0.15, 0.2) is 57.4 Å². The highest BCUT2D eigenvalue weighted by molar-refractivity contribution is 7.17. The molecule has 0 atom stereocenters. The van der Waals surface area contributed by atoms with Gasteiger partial charge < -0.3 is 5.32 Å². The first-order chi connectivity index (χ1) is 14.8. The fourth-order valence-corrected chi connectivity index (χ4v) is 4.62. The molecule has 0 radical (unpaired) electrons. The van der Waals surface area contributed by atoms with E-state index in [-0.39, 0.29) is 18.0 Å². The molecule has 2 aromatic carbocycles. The van der Waals surface area contributed by atoms with Gasteiger partial charge in [-0.1, -0.05) is 35.4 Å². The van der Waals surface area contributed by atoms with Crippen molar-refractivity contribution in [1.29, 1.82) is 0 Å². The summed E-state index contributed by atoms with van der Waals surface area (Å²) in [4.78, 5) is 39.3. The summed E-state index contributed by atoms with van der Waals surface area (Å²) in [5.74, 6) is -0.326. The molecule has 0 aliphatic heterocycles. The van der Waals surface area contributed by atoms with Gasteiger partial charge in [0.05, 0.1) is 11.2 Å². The first kappa shape index (κ1) is 20.8. The van der Waals surface area contributed by atoms with E-state index >= 15 is 0 Å². The summed E-state index contributed by atoms with van der Waals surface area (Å²) in [5, 5.41) is 4.64. The van der Waals surface area contributed by atoms with Crippen molar-refractivity contribution in [2.24, 2.45) is 0 Å². The van der Waals surface area contributed by atoms with Crippen LogP contribution in [-0.4, -0.2) is 15.0 Å². The van der Waals surface area contributed by atoms with E-state index in [0.29, 0.717) is 21.6 Å². The maximum absolute atomic E-state index is 13.4. The number of amides is 1. The third-order valence-electron chi connectivity index (χ3n) is 5.31. The van der Waals surface area contributed by atoms with Gasteiger partial charge in [-0.15, -0.1) is 11.3 Å². The van der Waals surface area contributed by atoms with Crippen molar-refractivity contribution in [2.75, 3.05) is 5.32 Å². The first-order valence-electron chi connectivity index (χ1n) is 9.94. The number of nitrogens with one attached hydrogen (secondary N) is 1. The van der Waals surface area contributed by atoms with Crippen LogP contribution in [0.25, 0.3) is 15.9 Å². The van der Waals surface area contributed by atoms with E-state index in [0.717, 1.165) is 26.8 Å². The molecule has 31 heavy (non-hydrogen) atoms. The molecule has 0 fully saturated rings. The first-order valence-corrected chi connectivity index (χ1v) is 10.8. The van der Waals surface area contributed by atoms with E-state index in [9.17, 15) is 14.4 Å². The highest BCUT2D eigenvalue weighted by atomic mass is 32.1. The normalized spacial score (nSPS) is 11.1. The van der Waals surface area contributed by atoms with E-state index < -0.39 is 5.69 Å². The van der Waals surface area contributed by atoms with Crippen molar-refractivity contribution < 1.29 is 4.79 Å². The molecule has 1 amide bonds. The maximum atomic E-state index is 13.4. The Morgan fingerprint density at radius 2 is 1.61 bits per heavy atom. The van der Waals surface area contributed by atoms with Gasteiger partial charge >= 0.3 is 5.69 Å². The Bertz CT molecular complexity index is 1440. The molecule has 0 bridgehead atoms. The van der Waals surface area contributed by atoms with Gasteiger partial charge in [0, 0.05) is 5.69 Å². The molecule has 1 N–H and O–H groups in total. The highest BCUT2D eigenvalue weighted by Gasteiger charge is 2.19. The smallest absolute Gasteiger partial charge is 0.324 e. The Labute approximate surface area is 183 Å². The van der Waals surface area contributed by atoms with Crippen LogP contribution in [0, 0.1) is 27.7 Å². The lowest BCUT2D eigenvalue weighted by Crippen LogP contribution is -2.40.